The number of sulfonamides is 1. The number of benzene rings is 1. The molecule has 0 spiro atoms. The first-order chi connectivity index (χ1) is 9.01. The van der Waals surface area contributed by atoms with E-state index < -0.39 is 10.0 Å². The summed E-state index contributed by atoms with van der Waals surface area (Å²) >= 11 is 6.53. The lowest BCUT2D eigenvalue weighted by atomic mass is 10.2. The summed E-state index contributed by atoms with van der Waals surface area (Å²) < 4.78 is 27.4. The van der Waals surface area contributed by atoms with Gasteiger partial charge in [0, 0.05) is 27.9 Å². The minimum Gasteiger partial charge on any atom is -0.280 e. The number of hydrogen-bond donors (Lipinski definition) is 1. The minimum absolute atomic E-state index is 0.117. The van der Waals surface area contributed by atoms with Crippen molar-refractivity contribution in [2.75, 3.05) is 4.72 Å². The minimum atomic E-state index is -3.61. The van der Waals surface area contributed by atoms with Crippen LogP contribution in [-0.4, -0.2) is 13.4 Å². The van der Waals surface area contributed by atoms with Crippen molar-refractivity contribution < 1.29 is 8.42 Å². The predicted octanol–water partition coefficient (Wildman–Crippen LogP) is 3.54. The standard InChI is InChI=1S/C12H10Br2N2O2S/c13-6-9-1-3-11(4-2-9)16-19(17,18)12-5-10(14)7-15-8-12/h1-5,7-8,16H,6H2. The Bertz CT molecular complexity index is 672. The van der Waals surface area contributed by atoms with Crippen LogP contribution in [0.15, 0.2) is 52.1 Å². The Morgan fingerprint density at radius 2 is 1.84 bits per heavy atom. The molecular formula is C12H10Br2N2O2S. The third-order valence-corrected chi connectivity index (χ3v) is 4.78. The maximum atomic E-state index is 12.1. The zero-order valence-electron chi connectivity index (χ0n) is 9.68. The van der Waals surface area contributed by atoms with Crippen LogP contribution in [0, 0.1) is 0 Å². The van der Waals surface area contributed by atoms with E-state index in [9.17, 15) is 8.42 Å². The van der Waals surface area contributed by atoms with Crippen LogP contribution in [0.3, 0.4) is 0 Å². The molecule has 100 valence electrons. The smallest absolute Gasteiger partial charge is 0.263 e. The maximum Gasteiger partial charge on any atom is 0.263 e. The Morgan fingerprint density at radius 3 is 2.42 bits per heavy atom. The van der Waals surface area contributed by atoms with Crippen LogP contribution in [0.4, 0.5) is 5.69 Å². The second kappa shape index (κ2) is 6.02. The number of alkyl halides is 1. The van der Waals surface area contributed by atoms with Gasteiger partial charge in [0.25, 0.3) is 10.0 Å². The number of anilines is 1. The van der Waals surface area contributed by atoms with Crippen LogP contribution in [-0.2, 0) is 15.4 Å². The zero-order chi connectivity index (χ0) is 13.9. The Labute approximate surface area is 128 Å². The topological polar surface area (TPSA) is 59.1 Å². The molecule has 4 nitrogen and oxygen atoms in total. The summed E-state index contributed by atoms with van der Waals surface area (Å²) in [6.45, 7) is 0. The Kier molecular flexibility index (Phi) is 4.59. The first-order valence-corrected chi connectivity index (χ1v) is 8.69. The van der Waals surface area contributed by atoms with Crippen molar-refractivity contribution in [2.45, 2.75) is 10.2 Å². The van der Waals surface area contributed by atoms with Crippen molar-refractivity contribution in [1.82, 2.24) is 4.98 Å². The van der Waals surface area contributed by atoms with Gasteiger partial charge >= 0.3 is 0 Å². The van der Waals surface area contributed by atoms with E-state index in [0.717, 1.165) is 10.9 Å². The van der Waals surface area contributed by atoms with Crippen LogP contribution in [0.25, 0.3) is 0 Å². The van der Waals surface area contributed by atoms with Crippen molar-refractivity contribution in [1.29, 1.82) is 0 Å². The zero-order valence-corrected chi connectivity index (χ0v) is 13.7. The quantitative estimate of drug-likeness (QED) is 0.791. The highest BCUT2D eigenvalue weighted by atomic mass is 79.9. The molecule has 1 heterocycles. The number of rotatable bonds is 4. The van der Waals surface area contributed by atoms with Crippen LogP contribution in [0.2, 0.25) is 0 Å². The lowest BCUT2D eigenvalue weighted by Crippen LogP contribution is -2.13. The summed E-state index contributed by atoms with van der Waals surface area (Å²) in [7, 11) is -3.61. The van der Waals surface area contributed by atoms with Gasteiger partial charge in [-0.05, 0) is 39.7 Å². The molecule has 0 aliphatic carbocycles. The number of hydrogen-bond acceptors (Lipinski definition) is 3. The summed E-state index contributed by atoms with van der Waals surface area (Å²) in [5.41, 5.74) is 1.59. The highest BCUT2D eigenvalue weighted by Gasteiger charge is 2.14. The van der Waals surface area contributed by atoms with E-state index in [1.54, 1.807) is 12.1 Å². The highest BCUT2D eigenvalue weighted by molar-refractivity contribution is 9.10. The Balaban J connectivity index is 2.25. The van der Waals surface area contributed by atoms with E-state index in [1.165, 1.54) is 18.5 Å². The average Bonchev–Trinajstić information content (AvgIpc) is 2.39. The molecule has 0 aliphatic heterocycles. The summed E-state index contributed by atoms with van der Waals surface area (Å²) in [6.07, 6.45) is 2.84. The molecule has 19 heavy (non-hydrogen) atoms. The fourth-order valence-electron chi connectivity index (χ4n) is 1.42. The first-order valence-electron chi connectivity index (χ1n) is 5.29. The van der Waals surface area contributed by atoms with Crippen LogP contribution in [0.1, 0.15) is 5.56 Å². The molecule has 0 saturated heterocycles. The average molecular weight is 406 g/mol. The van der Waals surface area contributed by atoms with E-state index in [-0.39, 0.29) is 4.90 Å². The molecule has 2 rings (SSSR count). The first kappa shape index (κ1) is 14.5. The third kappa shape index (κ3) is 3.77. The monoisotopic (exact) mass is 404 g/mol. The normalized spacial score (nSPS) is 11.3. The molecule has 1 aromatic heterocycles. The summed E-state index contributed by atoms with van der Waals surface area (Å²) in [4.78, 5) is 3.96. The lowest BCUT2D eigenvalue weighted by molar-refractivity contribution is 0.600. The number of pyridine rings is 1. The van der Waals surface area contributed by atoms with Crippen molar-refractivity contribution in [2.24, 2.45) is 0 Å². The van der Waals surface area contributed by atoms with Crippen molar-refractivity contribution in [3.63, 3.8) is 0 Å². The fourth-order valence-corrected chi connectivity index (χ4v) is 3.35. The SMILES string of the molecule is O=S(=O)(Nc1ccc(CBr)cc1)c1cncc(Br)c1. The Hall–Kier alpha value is -0.920. The van der Waals surface area contributed by atoms with Gasteiger partial charge in [0.15, 0.2) is 0 Å². The van der Waals surface area contributed by atoms with Crippen LogP contribution < -0.4 is 4.72 Å². The van der Waals surface area contributed by atoms with Crippen LogP contribution >= 0.6 is 31.9 Å². The maximum absolute atomic E-state index is 12.1. The van der Waals surface area contributed by atoms with E-state index in [4.69, 9.17) is 0 Å². The van der Waals surface area contributed by atoms with Gasteiger partial charge in [0.2, 0.25) is 0 Å². The van der Waals surface area contributed by atoms with Gasteiger partial charge in [-0.15, -0.1) is 0 Å². The van der Waals surface area contributed by atoms with Gasteiger partial charge < -0.3 is 0 Å². The van der Waals surface area contributed by atoms with Crippen LogP contribution in [0.5, 0.6) is 0 Å². The third-order valence-electron chi connectivity index (χ3n) is 2.35. The highest BCUT2D eigenvalue weighted by Crippen LogP contribution is 2.19. The largest absolute Gasteiger partial charge is 0.280 e. The number of halogens is 2. The molecule has 0 radical (unpaired) electrons. The van der Waals surface area contributed by atoms with Crippen molar-refractivity contribution >= 4 is 47.6 Å². The molecule has 1 N–H and O–H groups in total. The van der Waals surface area contributed by atoms with E-state index >= 15 is 0 Å². The molecule has 0 amide bonds. The van der Waals surface area contributed by atoms with E-state index in [2.05, 4.69) is 41.6 Å². The van der Waals surface area contributed by atoms with Gasteiger partial charge in [-0.25, -0.2) is 8.42 Å². The molecule has 0 aliphatic rings. The van der Waals surface area contributed by atoms with Gasteiger partial charge in [0.1, 0.15) is 4.90 Å². The molecular weight excluding hydrogens is 396 g/mol. The lowest BCUT2D eigenvalue weighted by Gasteiger charge is -2.08. The van der Waals surface area contributed by atoms with E-state index in [0.29, 0.717) is 10.2 Å². The molecule has 0 saturated carbocycles. The van der Waals surface area contributed by atoms with Gasteiger partial charge in [-0.1, -0.05) is 28.1 Å². The van der Waals surface area contributed by atoms with Crippen molar-refractivity contribution in [3.05, 3.63) is 52.8 Å². The molecule has 0 bridgehead atoms. The second-order valence-corrected chi connectivity index (χ2v) is 6.93. The molecule has 1 aromatic carbocycles. The molecule has 0 atom stereocenters. The Morgan fingerprint density at radius 1 is 1.16 bits per heavy atom. The van der Waals surface area contributed by atoms with Gasteiger partial charge in [-0.2, -0.15) is 0 Å². The number of nitrogens with one attached hydrogen (secondary N) is 1. The van der Waals surface area contributed by atoms with Crippen molar-refractivity contribution in [3.8, 4) is 0 Å². The van der Waals surface area contributed by atoms with E-state index in [1.807, 2.05) is 12.1 Å². The predicted molar refractivity (Wildman–Crippen MR) is 81.8 cm³/mol. The molecule has 0 unspecified atom stereocenters. The molecule has 0 fully saturated rings. The van der Waals surface area contributed by atoms with Gasteiger partial charge in [-0.3, -0.25) is 9.71 Å². The molecule has 2 aromatic rings. The number of aromatic nitrogens is 1. The molecule has 7 heteroatoms. The number of nitrogens with zero attached hydrogens (tertiary/aromatic N) is 1. The summed E-state index contributed by atoms with van der Waals surface area (Å²) in [6, 6.07) is 8.65. The fraction of sp³-hybridized carbons (Fsp3) is 0.0833. The summed E-state index contributed by atoms with van der Waals surface area (Å²) in [5.74, 6) is 0. The van der Waals surface area contributed by atoms with Gasteiger partial charge in [0.05, 0.1) is 0 Å². The second-order valence-electron chi connectivity index (χ2n) is 3.77. The summed E-state index contributed by atoms with van der Waals surface area (Å²) in [5, 5.41) is 0.732.